The van der Waals surface area contributed by atoms with Crippen LogP contribution in [-0.2, 0) is 4.74 Å². The summed E-state index contributed by atoms with van der Waals surface area (Å²) in [5.41, 5.74) is 1.41. The van der Waals surface area contributed by atoms with Crippen LogP contribution in [0.25, 0.3) is 0 Å². The Bertz CT molecular complexity index is 494. The standard InChI is InChI=1S/C19H30OSi/c1-19(2)14-11-17(19)16(13-20-3)18(12-14)21(4,5)15-9-7-6-8-10-15/h6-10,14,16-18H,11-13H2,1-5H3/t14-,16+,17+,18+/m1/s1. The highest BCUT2D eigenvalue weighted by molar-refractivity contribution is 6.91. The Morgan fingerprint density at radius 2 is 1.81 bits per heavy atom. The lowest BCUT2D eigenvalue weighted by atomic mass is 9.45. The van der Waals surface area contributed by atoms with Crippen LogP contribution in [0.15, 0.2) is 30.3 Å². The average Bonchev–Trinajstić information content (AvgIpc) is 2.48. The zero-order valence-electron chi connectivity index (χ0n) is 14.2. The van der Waals surface area contributed by atoms with Crippen molar-refractivity contribution in [3.05, 3.63) is 30.3 Å². The fourth-order valence-electron chi connectivity index (χ4n) is 5.28. The molecule has 2 bridgehead atoms. The van der Waals surface area contributed by atoms with Crippen LogP contribution in [0, 0.1) is 23.2 Å². The molecule has 3 aliphatic carbocycles. The summed E-state index contributed by atoms with van der Waals surface area (Å²) in [5.74, 6) is 2.57. The highest BCUT2D eigenvalue weighted by Crippen LogP contribution is 2.66. The first-order valence-corrected chi connectivity index (χ1v) is 11.5. The van der Waals surface area contributed by atoms with Crippen LogP contribution >= 0.6 is 0 Å². The summed E-state index contributed by atoms with van der Waals surface area (Å²) in [4.78, 5) is 0. The molecule has 1 nitrogen and oxygen atoms in total. The Morgan fingerprint density at radius 3 is 2.38 bits per heavy atom. The maximum Gasteiger partial charge on any atom is 0.0840 e. The number of ether oxygens (including phenoxy) is 1. The molecule has 0 spiro atoms. The van der Waals surface area contributed by atoms with Crippen molar-refractivity contribution >= 4 is 13.3 Å². The third kappa shape index (κ3) is 2.31. The third-order valence-electron chi connectivity index (χ3n) is 6.92. The van der Waals surface area contributed by atoms with Crippen molar-refractivity contribution < 1.29 is 4.74 Å². The van der Waals surface area contributed by atoms with E-state index in [9.17, 15) is 0 Å². The van der Waals surface area contributed by atoms with Crippen LogP contribution < -0.4 is 5.19 Å². The summed E-state index contributed by atoms with van der Waals surface area (Å²) < 4.78 is 5.65. The minimum absolute atomic E-state index is 0.543. The minimum Gasteiger partial charge on any atom is -0.384 e. The number of hydrogen-bond donors (Lipinski definition) is 0. The molecule has 1 aromatic carbocycles. The van der Waals surface area contributed by atoms with E-state index in [1.165, 1.54) is 12.8 Å². The summed E-state index contributed by atoms with van der Waals surface area (Å²) in [5, 5.41) is 1.62. The molecule has 0 saturated heterocycles. The van der Waals surface area contributed by atoms with Crippen LogP contribution in [0.3, 0.4) is 0 Å². The molecule has 0 amide bonds. The molecule has 3 aliphatic rings. The highest BCUT2D eigenvalue weighted by Gasteiger charge is 2.60. The van der Waals surface area contributed by atoms with Crippen molar-refractivity contribution in [2.75, 3.05) is 13.7 Å². The molecule has 4 atom stereocenters. The summed E-state index contributed by atoms with van der Waals surface area (Å²) in [6.07, 6.45) is 2.86. The topological polar surface area (TPSA) is 9.23 Å². The number of fused-ring (bicyclic) bond motifs is 2. The Kier molecular flexibility index (Phi) is 3.82. The van der Waals surface area contributed by atoms with Gasteiger partial charge in [-0.2, -0.15) is 0 Å². The largest absolute Gasteiger partial charge is 0.384 e. The predicted octanol–water partition coefficient (Wildman–Crippen LogP) is 4.30. The third-order valence-corrected chi connectivity index (χ3v) is 11.3. The average molecular weight is 303 g/mol. The lowest BCUT2D eigenvalue weighted by Gasteiger charge is -2.64. The smallest absolute Gasteiger partial charge is 0.0840 e. The van der Waals surface area contributed by atoms with Gasteiger partial charge in [-0.1, -0.05) is 62.5 Å². The molecule has 116 valence electrons. The molecular weight excluding hydrogens is 272 g/mol. The highest BCUT2D eigenvalue weighted by atomic mass is 28.3. The molecule has 2 heteroatoms. The van der Waals surface area contributed by atoms with Crippen molar-refractivity contribution in [2.24, 2.45) is 23.2 Å². The summed E-state index contributed by atoms with van der Waals surface area (Å²) >= 11 is 0. The molecule has 3 fully saturated rings. The molecule has 0 aliphatic heterocycles. The second-order valence-electron chi connectivity index (χ2n) is 8.41. The van der Waals surface area contributed by atoms with Gasteiger partial charge in [0.15, 0.2) is 0 Å². The van der Waals surface area contributed by atoms with Gasteiger partial charge in [0.05, 0.1) is 8.07 Å². The Labute approximate surface area is 131 Å². The normalized spacial score (nSPS) is 34.3. The molecule has 0 unspecified atom stereocenters. The molecule has 3 saturated carbocycles. The van der Waals surface area contributed by atoms with E-state index >= 15 is 0 Å². The van der Waals surface area contributed by atoms with Crippen molar-refractivity contribution in [1.29, 1.82) is 0 Å². The van der Waals surface area contributed by atoms with E-state index in [0.717, 1.165) is 29.9 Å². The number of methoxy groups -OCH3 is 1. The van der Waals surface area contributed by atoms with E-state index in [4.69, 9.17) is 4.74 Å². The molecule has 21 heavy (non-hydrogen) atoms. The number of benzene rings is 1. The monoisotopic (exact) mass is 302 g/mol. The lowest BCUT2D eigenvalue weighted by molar-refractivity contribution is -0.120. The maximum atomic E-state index is 5.65. The van der Waals surface area contributed by atoms with E-state index in [1.54, 1.807) is 5.19 Å². The second kappa shape index (κ2) is 5.24. The zero-order chi connectivity index (χ0) is 15.3. The van der Waals surface area contributed by atoms with Crippen molar-refractivity contribution in [2.45, 2.75) is 45.3 Å². The van der Waals surface area contributed by atoms with Gasteiger partial charge in [-0.25, -0.2) is 0 Å². The molecule has 1 aromatic rings. The first-order chi connectivity index (χ1) is 9.89. The van der Waals surface area contributed by atoms with E-state index in [1.807, 2.05) is 7.11 Å². The van der Waals surface area contributed by atoms with Crippen molar-refractivity contribution in [3.8, 4) is 0 Å². The van der Waals surface area contributed by atoms with E-state index in [2.05, 4.69) is 57.3 Å². The SMILES string of the molecule is COC[C@H]1[C@@H]2C[C@H](C[C@@H]1[Si](C)(C)c1ccccc1)C2(C)C. The van der Waals surface area contributed by atoms with Gasteiger partial charge in [0.1, 0.15) is 0 Å². The number of hydrogen-bond acceptors (Lipinski definition) is 1. The van der Waals surface area contributed by atoms with Crippen LogP contribution in [0.4, 0.5) is 0 Å². The quantitative estimate of drug-likeness (QED) is 0.754. The maximum absolute atomic E-state index is 5.65. The van der Waals surface area contributed by atoms with Crippen LogP contribution in [0.2, 0.25) is 18.6 Å². The Balaban J connectivity index is 1.91. The van der Waals surface area contributed by atoms with Gasteiger partial charge in [0.25, 0.3) is 0 Å². The molecular formula is C19H30OSi. The van der Waals surface area contributed by atoms with Gasteiger partial charge in [-0.15, -0.1) is 0 Å². The molecule has 0 N–H and O–H groups in total. The van der Waals surface area contributed by atoms with Gasteiger partial charge < -0.3 is 4.74 Å². The lowest BCUT2D eigenvalue weighted by Crippen LogP contribution is -2.61. The fraction of sp³-hybridized carbons (Fsp3) is 0.684. The van der Waals surface area contributed by atoms with Gasteiger partial charge >= 0.3 is 0 Å². The molecule has 0 aromatic heterocycles. The first kappa shape index (κ1) is 15.3. The van der Waals surface area contributed by atoms with Gasteiger partial charge in [-0.3, -0.25) is 0 Å². The summed E-state index contributed by atoms with van der Waals surface area (Å²) in [6.45, 7) is 11.1. The molecule has 0 radical (unpaired) electrons. The fourth-order valence-corrected chi connectivity index (χ4v) is 9.03. The Morgan fingerprint density at radius 1 is 1.14 bits per heavy atom. The van der Waals surface area contributed by atoms with E-state index in [0.29, 0.717) is 5.41 Å². The zero-order valence-corrected chi connectivity index (χ0v) is 15.2. The van der Waals surface area contributed by atoms with Gasteiger partial charge in [0.2, 0.25) is 0 Å². The second-order valence-corrected chi connectivity index (χ2v) is 13.2. The van der Waals surface area contributed by atoms with Crippen molar-refractivity contribution in [3.63, 3.8) is 0 Å². The van der Waals surface area contributed by atoms with Crippen molar-refractivity contribution in [1.82, 2.24) is 0 Å². The number of rotatable bonds is 4. The van der Waals surface area contributed by atoms with Crippen LogP contribution in [0.5, 0.6) is 0 Å². The predicted molar refractivity (Wildman–Crippen MR) is 92.7 cm³/mol. The summed E-state index contributed by atoms with van der Waals surface area (Å²) in [6, 6.07) is 11.3. The molecule has 0 heterocycles. The van der Waals surface area contributed by atoms with Crippen LogP contribution in [0.1, 0.15) is 26.7 Å². The first-order valence-electron chi connectivity index (χ1n) is 8.43. The van der Waals surface area contributed by atoms with E-state index in [-0.39, 0.29) is 0 Å². The van der Waals surface area contributed by atoms with Crippen LogP contribution in [-0.4, -0.2) is 21.8 Å². The minimum atomic E-state index is -1.43. The van der Waals surface area contributed by atoms with Gasteiger partial charge in [0, 0.05) is 13.7 Å². The summed E-state index contributed by atoms with van der Waals surface area (Å²) in [7, 11) is 0.448. The Hall–Kier alpha value is -0.603. The van der Waals surface area contributed by atoms with E-state index < -0.39 is 8.07 Å². The van der Waals surface area contributed by atoms with Gasteiger partial charge in [-0.05, 0) is 41.6 Å². The molecule has 4 rings (SSSR count).